The third kappa shape index (κ3) is 3.99. The predicted molar refractivity (Wildman–Crippen MR) is 105 cm³/mol. The average molecular weight is 395 g/mol. The summed E-state index contributed by atoms with van der Waals surface area (Å²) in [6, 6.07) is 5.05. The van der Waals surface area contributed by atoms with Gasteiger partial charge >= 0.3 is 0 Å². The molecule has 6 nitrogen and oxygen atoms in total. The lowest BCUT2D eigenvalue weighted by Gasteiger charge is -2.33. The minimum Gasteiger partial charge on any atom is -0.495 e. The van der Waals surface area contributed by atoms with E-state index < -0.39 is 10.0 Å². The van der Waals surface area contributed by atoms with Crippen LogP contribution >= 0.6 is 0 Å². The Kier molecular flexibility index (Phi) is 5.82. The minimum absolute atomic E-state index is 0.0496. The molecule has 3 rings (SSSR count). The van der Waals surface area contributed by atoms with Crippen LogP contribution in [0.3, 0.4) is 0 Å². The zero-order valence-corrected chi connectivity index (χ0v) is 17.5. The van der Waals surface area contributed by atoms with Gasteiger partial charge in [0.05, 0.1) is 7.11 Å². The lowest BCUT2D eigenvalue weighted by Crippen LogP contribution is -2.42. The molecule has 0 N–H and O–H groups in total. The fourth-order valence-electron chi connectivity index (χ4n) is 3.89. The van der Waals surface area contributed by atoms with Crippen LogP contribution in [0.25, 0.3) is 0 Å². The summed E-state index contributed by atoms with van der Waals surface area (Å²) in [5.41, 5.74) is 0.402. The second-order valence-corrected chi connectivity index (χ2v) is 9.72. The number of sulfonamides is 1. The van der Waals surface area contributed by atoms with Crippen LogP contribution in [0.2, 0.25) is 0 Å². The molecule has 1 aromatic rings. The molecular weight excluding hydrogens is 364 g/mol. The van der Waals surface area contributed by atoms with Crippen LogP contribution in [-0.2, 0) is 10.0 Å². The fourth-order valence-corrected chi connectivity index (χ4v) is 5.77. The first-order valence-corrected chi connectivity index (χ1v) is 11.2. The van der Waals surface area contributed by atoms with Gasteiger partial charge in [0.2, 0.25) is 10.0 Å². The number of amides is 1. The fraction of sp³-hybridized carbons (Fsp3) is 0.650. The highest BCUT2D eigenvalue weighted by Gasteiger charge is 2.37. The molecule has 1 saturated heterocycles. The molecule has 1 amide bonds. The molecule has 150 valence electrons. The molecule has 1 aromatic carbocycles. The van der Waals surface area contributed by atoms with E-state index in [1.165, 1.54) is 13.2 Å². The molecule has 2 fully saturated rings. The van der Waals surface area contributed by atoms with Gasteiger partial charge in [0.15, 0.2) is 0 Å². The third-order valence-corrected chi connectivity index (χ3v) is 7.51. The van der Waals surface area contributed by atoms with Crippen LogP contribution in [0.4, 0.5) is 0 Å². The molecule has 1 saturated carbocycles. The third-order valence-electron chi connectivity index (χ3n) is 5.47. The summed E-state index contributed by atoms with van der Waals surface area (Å²) >= 11 is 0. The van der Waals surface area contributed by atoms with Crippen molar-refractivity contribution in [3.8, 4) is 5.75 Å². The van der Waals surface area contributed by atoms with Crippen molar-refractivity contribution in [2.24, 2.45) is 0 Å². The number of nitrogens with zero attached hydrogens (tertiary/aromatic N) is 2. The van der Waals surface area contributed by atoms with E-state index in [1.807, 2.05) is 25.7 Å². The number of hydrogen-bond donors (Lipinski definition) is 0. The standard InChI is InChI=1S/C20H30N2O4S/c1-14(2)22(17-9-10-17)20(23)16-8-11-18(26-4)19(13-16)27(24,25)21-12-6-5-7-15(21)3/h8,11,13-15,17H,5-7,9-10,12H2,1-4H3. The highest BCUT2D eigenvalue weighted by Crippen LogP contribution is 2.34. The maximum atomic E-state index is 13.3. The topological polar surface area (TPSA) is 66.9 Å². The summed E-state index contributed by atoms with van der Waals surface area (Å²) in [7, 11) is -2.26. The Bertz CT molecular complexity index is 800. The number of hydrogen-bond acceptors (Lipinski definition) is 4. The molecule has 0 bridgehead atoms. The Hall–Kier alpha value is -1.60. The van der Waals surface area contributed by atoms with Crippen molar-refractivity contribution in [1.82, 2.24) is 9.21 Å². The average Bonchev–Trinajstić information content (AvgIpc) is 3.46. The summed E-state index contributed by atoms with van der Waals surface area (Å²) in [6.45, 7) is 6.43. The van der Waals surface area contributed by atoms with E-state index in [1.54, 1.807) is 16.4 Å². The number of carbonyl (C=O) groups excluding carboxylic acids is 1. The van der Waals surface area contributed by atoms with Crippen LogP contribution < -0.4 is 4.74 Å². The van der Waals surface area contributed by atoms with Gasteiger partial charge in [-0.15, -0.1) is 0 Å². The van der Waals surface area contributed by atoms with Gasteiger partial charge in [-0.25, -0.2) is 8.42 Å². The molecule has 1 heterocycles. The summed E-state index contributed by atoms with van der Waals surface area (Å²) in [5.74, 6) is 0.171. The molecule has 27 heavy (non-hydrogen) atoms. The molecular formula is C20H30N2O4S. The number of rotatable bonds is 6. The van der Waals surface area contributed by atoms with Gasteiger partial charge in [0.25, 0.3) is 5.91 Å². The molecule has 0 radical (unpaired) electrons. The number of carbonyl (C=O) groups is 1. The normalized spacial score (nSPS) is 21.3. The Morgan fingerprint density at radius 3 is 2.48 bits per heavy atom. The lowest BCUT2D eigenvalue weighted by molar-refractivity contribution is 0.0690. The van der Waals surface area contributed by atoms with Crippen molar-refractivity contribution in [2.45, 2.75) is 75.9 Å². The first-order chi connectivity index (χ1) is 12.8. The largest absolute Gasteiger partial charge is 0.495 e. The van der Waals surface area contributed by atoms with E-state index in [0.717, 1.165) is 32.1 Å². The van der Waals surface area contributed by atoms with E-state index in [-0.39, 0.29) is 34.7 Å². The van der Waals surface area contributed by atoms with Crippen LogP contribution in [0.15, 0.2) is 23.1 Å². The van der Waals surface area contributed by atoms with Crippen molar-refractivity contribution < 1.29 is 17.9 Å². The number of piperidine rings is 1. The van der Waals surface area contributed by atoms with Crippen molar-refractivity contribution in [3.63, 3.8) is 0 Å². The SMILES string of the molecule is COc1ccc(C(=O)N(C(C)C)C2CC2)cc1S(=O)(=O)N1CCCCC1C. The van der Waals surface area contributed by atoms with Gasteiger partial charge < -0.3 is 9.64 Å². The molecule has 1 unspecified atom stereocenters. The predicted octanol–water partition coefficient (Wildman–Crippen LogP) is 3.27. The zero-order chi connectivity index (χ0) is 19.8. The molecule has 2 aliphatic rings. The maximum Gasteiger partial charge on any atom is 0.254 e. The van der Waals surface area contributed by atoms with E-state index in [9.17, 15) is 13.2 Å². The molecule has 1 atom stereocenters. The summed E-state index contributed by atoms with van der Waals surface area (Å²) < 4.78 is 33.5. The summed E-state index contributed by atoms with van der Waals surface area (Å²) in [4.78, 5) is 15.0. The Labute approximate surface area is 162 Å². The van der Waals surface area contributed by atoms with Crippen molar-refractivity contribution in [2.75, 3.05) is 13.7 Å². The van der Waals surface area contributed by atoms with Crippen molar-refractivity contribution >= 4 is 15.9 Å². The van der Waals surface area contributed by atoms with Crippen LogP contribution in [0.5, 0.6) is 5.75 Å². The molecule has 1 aliphatic heterocycles. The van der Waals surface area contributed by atoms with Crippen molar-refractivity contribution in [1.29, 1.82) is 0 Å². The molecule has 0 spiro atoms. The molecule has 7 heteroatoms. The Balaban J connectivity index is 1.99. The van der Waals surface area contributed by atoms with E-state index in [0.29, 0.717) is 12.1 Å². The second kappa shape index (κ2) is 7.80. The van der Waals surface area contributed by atoms with Crippen LogP contribution in [-0.4, -0.2) is 55.3 Å². The Morgan fingerprint density at radius 1 is 1.22 bits per heavy atom. The van der Waals surface area contributed by atoms with Crippen molar-refractivity contribution in [3.05, 3.63) is 23.8 Å². The van der Waals surface area contributed by atoms with E-state index in [2.05, 4.69) is 0 Å². The number of methoxy groups -OCH3 is 1. The first-order valence-electron chi connectivity index (χ1n) is 9.80. The van der Waals surface area contributed by atoms with Gasteiger partial charge in [0, 0.05) is 30.2 Å². The first kappa shape index (κ1) is 20.1. The number of benzene rings is 1. The zero-order valence-electron chi connectivity index (χ0n) is 16.6. The van der Waals surface area contributed by atoms with E-state index >= 15 is 0 Å². The minimum atomic E-state index is -3.72. The quantitative estimate of drug-likeness (QED) is 0.743. The van der Waals surface area contributed by atoms with Gasteiger partial charge in [-0.3, -0.25) is 4.79 Å². The van der Waals surface area contributed by atoms with Crippen LogP contribution in [0, 0.1) is 0 Å². The molecule has 0 aromatic heterocycles. The Morgan fingerprint density at radius 2 is 1.93 bits per heavy atom. The van der Waals surface area contributed by atoms with Gasteiger partial charge in [0.1, 0.15) is 10.6 Å². The van der Waals surface area contributed by atoms with Gasteiger partial charge in [-0.1, -0.05) is 6.42 Å². The lowest BCUT2D eigenvalue weighted by atomic mass is 10.1. The highest BCUT2D eigenvalue weighted by atomic mass is 32.2. The van der Waals surface area contributed by atoms with Gasteiger partial charge in [-0.2, -0.15) is 4.31 Å². The number of ether oxygens (including phenoxy) is 1. The van der Waals surface area contributed by atoms with E-state index in [4.69, 9.17) is 4.74 Å². The maximum absolute atomic E-state index is 13.3. The second-order valence-electron chi connectivity index (χ2n) is 7.86. The van der Waals surface area contributed by atoms with Gasteiger partial charge in [-0.05, 0) is 64.7 Å². The highest BCUT2D eigenvalue weighted by molar-refractivity contribution is 7.89. The molecule has 1 aliphatic carbocycles. The van der Waals surface area contributed by atoms with Crippen LogP contribution in [0.1, 0.15) is 63.2 Å². The summed E-state index contributed by atoms with van der Waals surface area (Å²) in [6.07, 6.45) is 4.76. The summed E-state index contributed by atoms with van der Waals surface area (Å²) in [5, 5.41) is 0. The smallest absolute Gasteiger partial charge is 0.254 e. The monoisotopic (exact) mass is 394 g/mol.